The highest BCUT2D eigenvalue weighted by Gasteiger charge is 2.18. The standard InChI is InChI=1S/C15H22N2O2/c16-7-4-12-5-8-17(9-6-12)11-13-2-1-3-14(10-13)15(18)19/h1-3,10,12H,4-9,11,16H2,(H,18,19). The lowest BCUT2D eigenvalue weighted by Crippen LogP contribution is -2.33. The Morgan fingerprint density at radius 2 is 2.11 bits per heavy atom. The van der Waals surface area contributed by atoms with Crippen molar-refractivity contribution in [2.75, 3.05) is 19.6 Å². The molecule has 1 aliphatic heterocycles. The first kappa shape index (κ1) is 14.0. The molecule has 19 heavy (non-hydrogen) atoms. The van der Waals surface area contributed by atoms with E-state index in [1.165, 1.54) is 12.8 Å². The average Bonchev–Trinajstić information content (AvgIpc) is 2.42. The van der Waals surface area contributed by atoms with E-state index >= 15 is 0 Å². The predicted octanol–water partition coefficient (Wildman–Crippen LogP) is 1.95. The molecular formula is C15H22N2O2. The normalized spacial score (nSPS) is 17.5. The molecule has 104 valence electrons. The van der Waals surface area contributed by atoms with Crippen molar-refractivity contribution in [1.82, 2.24) is 4.90 Å². The van der Waals surface area contributed by atoms with Gasteiger partial charge >= 0.3 is 5.97 Å². The number of nitrogens with zero attached hydrogens (tertiary/aromatic N) is 1. The predicted molar refractivity (Wildman–Crippen MR) is 75.1 cm³/mol. The third-order valence-electron chi connectivity index (χ3n) is 3.86. The van der Waals surface area contributed by atoms with Crippen LogP contribution in [0.15, 0.2) is 24.3 Å². The SMILES string of the molecule is NCCC1CCN(Cc2cccc(C(=O)O)c2)CC1. The topological polar surface area (TPSA) is 66.6 Å². The van der Waals surface area contributed by atoms with Crippen LogP contribution in [0.3, 0.4) is 0 Å². The van der Waals surface area contributed by atoms with Crippen molar-refractivity contribution in [2.45, 2.75) is 25.8 Å². The van der Waals surface area contributed by atoms with E-state index in [0.29, 0.717) is 5.56 Å². The van der Waals surface area contributed by atoms with Gasteiger partial charge in [-0.15, -0.1) is 0 Å². The van der Waals surface area contributed by atoms with Gasteiger partial charge in [-0.2, -0.15) is 0 Å². The van der Waals surface area contributed by atoms with E-state index in [0.717, 1.165) is 44.1 Å². The molecule has 1 aromatic carbocycles. The van der Waals surface area contributed by atoms with Crippen LogP contribution in [0.2, 0.25) is 0 Å². The number of hydrogen-bond donors (Lipinski definition) is 2. The zero-order valence-corrected chi connectivity index (χ0v) is 11.2. The van der Waals surface area contributed by atoms with Crippen LogP contribution in [0, 0.1) is 5.92 Å². The number of benzene rings is 1. The van der Waals surface area contributed by atoms with Gasteiger partial charge in [-0.3, -0.25) is 4.90 Å². The molecule has 2 rings (SSSR count). The minimum atomic E-state index is -0.858. The summed E-state index contributed by atoms with van der Waals surface area (Å²) >= 11 is 0. The maximum absolute atomic E-state index is 10.9. The number of aromatic carboxylic acids is 1. The molecule has 0 bridgehead atoms. The van der Waals surface area contributed by atoms with Crippen LogP contribution in [0.1, 0.15) is 35.2 Å². The summed E-state index contributed by atoms with van der Waals surface area (Å²) < 4.78 is 0. The summed E-state index contributed by atoms with van der Waals surface area (Å²) in [4.78, 5) is 13.3. The Morgan fingerprint density at radius 1 is 1.37 bits per heavy atom. The number of rotatable bonds is 5. The van der Waals surface area contributed by atoms with Crippen LogP contribution < -0.4 is 5.73 Å². The molecule has 0 saturated carbocycles. The van der Waals surface area contributed by atoms with Gasteiger partial charge in [-0.05, 0) is 62.5 Å². The molecule has 1 fully saturated rings. The van der Waals surface area contributed by atoms with Crippen LogP contribution in [0.5, 0.6) is 0 Å². The highest BCUT2D eigenvalue weighted by atomic mass is 16.4. The van der Waals surface area contributed by atoms with Crippen molar-refractivity contribution < 1.29 is 9.90 Å². The quantitative estimate of drug-likeness (QED) is 0.851. The zero-order valence-electron chi connectivity index (χ0n) is 11.2. The lowest BCUT2D eigenvalue weighted by Gasteiger charge is -2.31. The minimum Gasteiger partial charge on any atom is -0.478 e. The highest BCUT2D eigenvalue weighted by Crippen LogP contribution is 2.21. The van der Waals surface area contributed by atoms with Gasteiger partial charge in [0.05, 0.1) is 5.56 Å². The molecular weight excluding hydrogens is 240 g/mol. The van der Waals surface area contributed by atoms with Gasteiger partial charge in [0.15, 0.2) is 0 Å². The monoisotopic (exact) mass is 262 g/mol. The maximum atomic E-state index is 10.9. The number of carboxylic acids is 1. The highest BCUT2D eigenvalue weighted by molar-refractivity contribution is 5.87. The number of carbonyl (C=O) groups is 1. The fourth-order valence-electron chi connectivity index (χ4n) is 2.73. The van der Waals surface area contributed by atoms with Gasteiger partial charge in [0.1, 0.15) is 0 Å². The summed E-state index contributed by atoms with van der Waals surface area (Å²) in [5.41, 5.74) is 7.04. The molecule has 0 unspecified atom stereocenters. The Kier molecular flexibility index (Phi) is 4.93. The first-order chi connectivity index (χ1) is 9.19. The molecule has 4 nitrogen and oxygen atoms in total. The van der Waals surface area contributed by atoms with Crippen molar-refractivity contribution >= 4 is 5.97 Å². The van der Waals surface area contributed by atoms with Gasteiger partial charge in [0, 0.05) is 6.54 Å². The van der Waals surface area contributed by atoms with Gasteiger partial charge in [0.2, 0.25) is 0 Å². The van der Waals surface area contributed by atoms with E-state index in [1.54, 1.807) is 12.1 Å². The molecule has 3 N–H and O–H groups in total. The molecule has 0 radical (unpaired) electrons. The van der Waals surface area contributed by atoms with Gasteiger partial charge in [-0.1, -0.05) is 12.1 Å². The summed E-state index contributed by atoms with van der Waals surface area (Å²) in [5.74, 6) is -0.0879. The number of carboxylic acid groups (broad SMARTS) is 1. The fourth-order valence-corrected chi connectivity index (χ4v) is 2.73. The number of likely N-dealkylation sites (tertiary alicyclic amines) is 1. The van der Waals surface area contributed by atoms with Gasteiger partial charge < -0.3 is 10.8 Å². The second kappa shape index (κ2) is 6.68. The van der Waals surface area contributed by atoms with Gasteiger partial charge in [-0.25, -0.2) is 4.79 Å². The van der Waals surface area contributed by atoms with Crippen LogP contribution in [0.25, 0.3) is 0 Å². The molecule has 1 aliphatic rings. The molecule has 1 saturated heterocycles. The summed E-state index contributed by atoms with van der Waals surface area (Å²) in [6.45, 7) is 3.80. The summed E-state index contributed by atoms with van der Waals surface area (Å²) in [6, 6.07) is 7.23. The van der Waals surface area contributed by atoms with Crippen LogP contribution >= 0.6 is 0 Å². The largest absolute Gasteiger partial charge is 0.478 e. The maximum Gasteiger partial charge on any atom is 0.335 e. The Bertz CT molecular complexity index is 426. The summed E-state index contributed by atoms with van der Waals surface area (Å²) in [5, 5.41) is 8.98. The Morgan fingerprint density at radius 3 is 2.74 bits per heavy atom. The van der Waals surface area contributed by atoms with Crippen molar-refractivity contribution in [1.29, 1.82) is 0 Å². The molecule has 1 aromatic rings. The second-order valence-corrected chi connectivity index (χ2v) is 5.30. The van der Waals surface area contributed by atoms with Gasteiger partial charge in [0.25, 0.3) is 0 Å². The number of hydrogen-bond acceptors (Lipinski definition) is 3. The number of nitrogens with two attached hydrogens (primary N) is 1. The molecule has 1 heterocycles. The lowest BCUT2D eigenvalue weighted by atomic mass is 9.93. The van der Waals surface area contributed by atoms with E-state index in [9.17, 15) is 4.79 Å². The van der Waals surface area contributed by atoms with E-state index < -0.39 is 5.97 Å². The second-order valence-electron chi connectivity index (χ2n) is 5.30. The van der Waals surface area contributed by atoms with Crippen molar-refractivity contribution in [3.63, 3.8) is 0 Å². The van der Waals surface area contributed by atoms with Crippen molar-refractivity contribution in [3.05, 3.63) is 35.4 Å². The first-order valence-electron chi connectivity index (χ1n) is 6.93. The Labute approximate surface area is 114 Å². The molecule has 0 aromatic heterocycles. The lowest BCUT2D eigenvalue weighted by molar-refractivity contribution is 0.0696. The Balaban J connectivity index is 1.88. The van der Waals surface area contributed by atoms with Crippen LogP contribution in [-0.4, -0.2) is 35.6 Å². The van der Waals surface area contributed by atoms with E-state index in [4.69, 9.17) is 10.8 Å². The molecule has 4 heteroatoms. The zero-order chi connectivity index (χ0) is 13.7. The molecule has 0 spiro atoms. The molecule has 0 atom stereocenters. The third kappa shape index (κ3) is 4.04. The van der Waals surface area contributed by atoms with E-state index in [-0.39, 0.29) is 0 Å². The van der Waals surface area contributed by atoms with E-state index in [2.05, 4.69) is 4.90 Å². The summed E-state index contributed by atoms with van der Waals surface area (Å²) in [6.07, 6.45) is 3.54. The fraction of sp³-hybridized carbons (Fsp3) is 0.533. The number of piperidine rings is 1. The Hall–Kier alpha value is -1.39. The molecule has 0 amide bonds. The van der Waals surface area contributed by atoms with Crippen LogP contribution in [0.4, 0.5) is 0 Å². The average molecular weight is 262 g/mol. The van der Waals surface area contributed by atoms with Crippen LogP contribution in [-0.2, 0) is 6.54 Å². The van der Waals surface area contributed by atoms with E-state index in [1.807, 2.05) is 12.1 Å². The summed E-state index contributed by atoms with van der Waals surface area (Å²) in [7, 11) is 0. The third-order valence-corrected chi connectivity index (χ3v) is 3.86. The van der Waals surface area contributed by atoms with Crippen molar-refractivity contribution in [3.8, 4) is 0 Å². The van der Waals surface area contributed by atoms with Crippen molar-refractivity contribution in [2.24, 2.45) is 11.7 Å². The molecule has 0 aliphatic carbocycles. The minimum absolute atomic E-state index is 0.371. The smallest absolute Gasteiger partial charge is 0.335 e. The first-order valence-corrected chi connectivity index (χ1v) is 6.93.